The lowest BCUT2D eigenvalue weighted by atomic mass is 9.88. The van der Waals surface area contributed by atoms with E-state index in [0.717, 1.165) is 12.3 Å². The summed E-state index contributed by atoms with van der Waals surface area (Å²) in [6.07, 6.45) is 4.88. The van der Waals surface area contributed by atoms with E-state index < -0.39 is 0 Å². The number of hydrogen-bond donors (Lipinski definition) is 0. The smallest absolute Gasteiger partial charge is 0.0624 e. The Bertz CT molecular complexity index is 151. The van der Waals surface area contributed by atoms with Crippen molar-refractivity contribution in [3.63, 3.8) is 0 Å². The molecule has 1 unspecified atom stereocenters. The van der Waals surface area contributed by atoms with E-state index in [2.05, 4.69) is 19.9 Å². The summed E-state index contributed by atoms with van der Waals surface area (Å²) in [7, 11) is 0. The summed E-state index contributed by atoms with van der Waals surface area (Å²) in [5.74, 6) is 2.32. The maximum absolute atomic E-state index is 8.57. The van der Waals surface area contributed by atoms with Crippen molar-refractivity contribution in [2.75, 3.05) is 0 Å². The zero-order valence-corrected chi connectivity index (χ0v) is 7.51. The van der Waals surface area contributed by atoms with Gasteiger partial charge in [0, 0.05) is 6.42 Å². The summed E-state index contributed by atoms with van der Waals surface area (Å²) < 4.78 is 0. The standard InChI is InChI=1S/C10H17N/c1-8(2)10(5-6-11)7-9-3-4-9/h8-10H,3-5,7H2,1-2H3. The molecule has 1 rings (SSSR count). The normalized spacial score (nSPS) is 19.8. The van der Waals surface area contributed by atoms with Crippen LogP contribution in [0.3, 0.4) is 0 Å². The van der Waals surface area contributed by atoms with E-state index in [-0.39, 0.29) is 0 Å². The lowest BCUT2D eigenvalue weighted by Crippen LogP contribution is -2.08. The van der Waals surface area contributed by atoms with Crippen LogP contribution in [0.1, 0.15) is 39.5 Å². The Balaban J connectivity index is 2.26. The lowest BCUT2D eigenvalue weighted by molar-refractivity contribution is 0.349. The summed E-state index contributed by atoms with van der Waals surface area (Å²) in [4.78, 5) is 0. The van der Waals surface area contributed by atoms with Crippen molar-refractivity contribution in [2.24, 2.45) is 17.8 Å². The van der Waals surface area contributed by atoms with Crippen LogP contribution in [0.5, 0.6) is 0 Å². The maximum Gasteiger partial charge on any atom is 0.0624 e. The molecule has 0 aliphatic heterocycles. The third-order valence-electron chi connectivity index (χ3n) is 2.63. The van der Waals surface area contributed by atoms with Crippen LogP contribution < -0.4 is 0 Å². The molecule has 0 heterocycles. The van der Waals surface area contributed by atoms with Gasteiger partial charge in [0.15, 0.2) is 0 Å². The van der Waals surface area contributed by atoms with Crippen LogP contribution in [-0.2, 0) is 0 Å². The quantitative estimate of drug-likeness (QED) is 0.606. The van der Waals surface area contributed by atoms with Gasteiger partial charge in [0.1, 0.15) is 0 Å². The molecule has 0 amide bonds. The zero-order valence-electron chi connectivity index (χ0n) is 7.51. The third kappa shape index (κ3) is 2.93. The van der Waals surface area contributed by atoms with Crippen LogP contribution in [0.25, 0.3) is 0 Å². The van der Waals surface area contributed by atoms with Crippen LogP contribution in [0.2, 0.25) is 0 Å². The van der Waals surface area contributed by atoms with Crippen LogP contribution in [0, 0.1) is 29.1 Å². The highest BCUT2D eigenvalue weighted by Crippen LogP contribution is 2.38. The van der Waals surface area contributed by atoms with Crippen molar-refractivity contribution in [1.82, 2.24) is 0 Å². The predicted octanol–water partition coefficient (Wildman–Crippen LogP) is 2.97. The molecule has 1 heteroatoms. The van der Waals surface area contributed by atoms with Crippen LogP contribution in [0.15, 0.2) is 0 Å². The first-order valence-corrected chi connectivity index (χ1v) is 4.61. The lowest BCUT2D eigenvalue weighted by Gasteiger charge is -2.16. The van der Waals surface area contributed by atoms with Gasteiger partial charge in [0.05, 0.1) is 6.07 Å². The Hall–Kier alpha value is -0.510. The summed E-state index contributed by atoms with van der Waals surface area (Å²) in [5, 5.41) is 8.57. The monoisotopic (exact) mass is 151 g/mol. The van der Waals surface area contributed by atoms with E-state index >= 15 is 0 Å². The predicted molar refractivity (Wildman–Crippen MR) is 45.9 cm³/mol. The van der Waals surface area contributed by atoms with Gasteiger partial charge in [-0.15, -0.1) is 0 Å². The molecule has 62 valence electrons. The molecule has 0 N–H and O–H groups in total. The van der Waals surface area contributed by atoms with Gasteiger partial charge in [-0.25, -0.2) is 0 Å². The highest BCUT2D eigenvalue weighted by atomic mass is 14.3. The molecule has 1 nitrogen and oxygen atoms in total. The fourth-order valence-electron chi connectivity index (χ4n) is 1.49. The minimum Gasteiger partial charge on any atom is -0.198 e. The molecule has 1 aliphatic carbocycles. The fourth-order valence-corrected chi connectivity index (χ4v) is 1.49. The van der Waals surface area contributed by atoms with E-state index in [4.69, 9.17) is 5.26 Å². The molecule has 1 atom stereocenters. The van der Waals surface area contributed by atoms with Gasteiger partial charge in [-0.3, -0.25) is 0 Å². The Morgan fingerprint density at radius 1 is 1.45 bits per heavy atom. The van der Waals surface area contributed by atoms with Crippen molar-refractivity contribution in [1.29, 1.82) is 5.26 Å². The molecule has 0 radical (unpaired) electrons. The molecule has 0 saturated heterocycles. The van der Waals surface area contributed by atoms with E-state index in [1.165, 1.54) is 19.3 Å². The second-order valence-electron chi connectivity index (χ2n) is 4.05. The molecular formula is C10H17N. The molecule has 1 saturated carbocycles. The average Bonchev–Trinajstić information content (AvgIpc) is 2.70. The van der Waals surface area contributed by atoms with Gasteiger partial charge in [-0.05, 0) is 24.2 Å². The molecule has 0 bridgehead atoms. The number of nitriles is 1. The van der Waals surface area contributed by atoms with E-state index in [9.17, 15) is 0 Å². The Labute approximate surface area is 69.4 Å². The Morgan fingerprint density at radius 3 is 2.45 bits per heavy atom. The highest BCUT2D eigenvalue weighted by molar-refractivity contribution is 4.83. The van der Waals surface area contributed by atoms with Gasteiger partial charge in [-0.2, -0.15) is 5.26 Å². The average molecular weight is 151 g/mol. The van der Waals surface area contributed by atoms with Gasteiger partial charge in [0.25, 0.3) is 0 Å². The largest absolute Gasteiger partial charge is 0.198 e. The Morgan fingerprint density at radius 2 is 2.09 bits per heavy atom. The van der Waals surface area contributed by atoms with Gasteiger partial charge in [0.2, 0.25) is 0 Å². The first-order chi connectivity index (χ1) is 5.24. The SMILES string of the molecule is CC(C)C(CC#N)CC1CC1. The zero-order chi connectivity index (χ0) is 8.27. The molecule has 0 aromatic carbocycles. The van der Waals surface area contributed by atoms with Crippen LogP contribution in [-0.4, -0.2) is 0 Å². The van der Waals surface area contributed by atoms with Crippen LogP contribution in [0.4, 0.5) is 0 Å². The van der Waals surface area contributed by atoms with Crippen molar-refractivity contribution in [3.05, 3.63) is 0 Å². The first kappa shape index (κ1) is 8.59. The van der Waals surface area contributed by atoms with E-state index in [1.54, 1.807) is 0 Å². The van der Waals surface area contributed by atoms with Gasteiger partial charge in [-0.1, -0.05) is 26.7 Å². The van der Waals surface area contributed by atoms with Crippen LogP contribution >= 0.6 is 0 Å². The van der Waals surface area contributed by atoms with E-state index in [0.29, 0.717) is 11.8 Å². The Kier molecular flexibility index (Phi) is 2.93. The molecule has 1 fully saturated rings. The minimum absolute atomic E-state index is 0.660. The molecular weight excluding hydrogens is 134 g/mol. The second kappa shape index (κ2) is 3.76. The highest BCUT2D eigenvalue weighted by Gasteiger charge is 2.26. The fraction of sp³-hybridized carbons (Fsp3) is 0.900. The topological polar surface area (TPSA) is 23.8 Å². The van der Waals surface area contributed by atoms with Gasteiger partial charge >= 0.3 is 0 Å². The summed E-state index contributed by atoms with van der Waals surface area (Å²) in [6, 6.07) is 2.28. The summed E-state index contributed by atoms with van der Waals surface area (Å²) in [5.41, 5.74) is 0. The van der Waals surface area contributed by atoms with Gasteiger partial charge < -0.3 is 0 Å². The van der Waals surface area contributed by atoms with Crippen molar-refractivity contribution < 1.29 is 0 Å². The summed E-state index contributed by atoms with van der Waals surface area (Å²) in [6.45, 7) is 4.45. The van der Waals surface area contributed by atoms with E-state index in [1.807, 2.05) is 0 Å². The molecule has 0 spiro atoms. The molecule has 0 aromatic heterocycles. The second-order valence-corrected chi connectivity index (χ2v) is 4.05. The molecule has 0 aromatic rings. The van der Waals surface area contributed by atoms with Crippen molar-refractivity contribution >= 4 is 0 Å². The number of rotatable bonds is 4. The summed E-state index contributed by atoms with van der Waals surface area (Å²) >= 11 is 0. The third-order valence-corrected chi connectivity index (χ3v) is 2.63. The first-order valence-electron chi connectivity index (χ1n) is 4.61. The van der Waals surface area contributed by atoms with Crippen molar-refractivity contribution in [3.8, 4) is 6.07 Å². The minimum atomic E-state index is 0.660. The number of hydrogen-bond acceptors (Lipinski definition) is 1. The van der Waals surface area contributed by atoms with Crippen molar-refractivity contribution in [2.45, 2.75) is 39.5 Å². The molecule has 11 heavy (non-hydrogen) atoms. The maximum atomic E-state index is 8.57. The number of nitrogens with zero attached hydrogens (tertiary/aromatic N) is 1. The molecule has 1 aliphatic rings.